The molecule has 0 spiro atoms. The Labute approximate surface area is 71.7 Å². The molecule has 0 radical (unpaired) electrons. The summed E-state index contributed by atoms with van der Waals surface area (Å²) in [4.78, 5) is 25.6. The van der Waals surface area contributed by atoms with E-state index in [1.807, 2.05) is 0 Å². The average molecular weight is 191 g/mol. The molecule has 2 amide bonds. The van der Waals surface area contributed by atoms with E-state index in [0.717, 1.165) is 0 Å². The van der Waals surface area contributed by atoms with Crippen LogP contribution in [0.3, 0.4) is 0 Å². The molecule has 1 heterocycles. The standard InChI is InChI=1S/C5H9N3O3S/c1-6-5(10)11-8-12-2-4(9)7-3-12/h2-3H2,1H3,(H,6,10)(H,7,9). The SMILES string of the molecule is CNC(=O)O/N=S1/CNC(=O)C1. The van der Waals surface area contributed by atoms with Crippen LogP contribution in [0.25, 0.3) is 0 Å². The van der Waals surface area contributed by atoms with Crippen LogP contribution < -0.4 is 10.6 Å². The number of amides is 2. The fraction of sp³-hybridized carbons (Fsp3) is 0.600. The first kappa shape index (κ1) is 8.98. The van der Waals surface area contributed by atoms with Crippen molar-refractivity contribution in [3.8, 4) is 0 Å². The molecule has 0 aromatic heterocycles. The Bertz CT molecular complexity index is 240. The zero-order valence-corrected chi connectivity index (χ0v) is 7.31. The molecule has 6 nitrogen and oxygen atoms in total. The smallest absolute Gasteiger partial charge is 0.345 e. The zero-order chi connectivity index (χ0) is 8.97. The van der Waals surface area contributed by atoms with Gasteiger partial charge in [0.2, 0.25) is 5.91 Å². The lowest BCUT2D eigenvalue weighted by atomic mass is 10.7. The summed E-state index contributed by atoms with van der Waals surface area (Å²) in [6.45, 7) is 0. The molecular formula is C5H9N3O3S. The van der Waals surface area contributed by atoms with E-state index in [2.05, 4.69) is 20.0 Å². The van der Waals surface area contributed by atoms with Gasteiger partial charge in [-0.25, -0.2) is 4.79 Å². The van der Waals surface area contributed by atoms with Crippen LogP contribution in [0.5, 0.6) is 0 Å². The molecule has 68 valence electrons. The van der Waals surface area contributed by atoms with Gasteiger partial charge in [0.1, 0.15) is 0 Å². The highest BCUT2D eigenvalue weighted by Crippen LogP contribution is 1.96. The van der Waals surface area contributed by atoms with Gasteiger partial charge in [0.05, 0.1) is 11.6 Å². The Morgan fingerprint density at radius 2 is 2.58 bits per heavy atom. The molecule has 7 heteroatoms. The molecule has 0 bridgehead atoms. The Morgan fingerprint density at radius 3 is 3.08 bits per heavy atom. The molecule has 1 aliphatic rings. The lowest BCUT2D eigenvalue weighted by Gasteiger charge is -1.95. The van der Waals surface area contributed by atoms with Gasteiger partial charge in [-0.1, -0.05) is 0 Å². The minimum atomic E-state index is -0.609. The van der Waals surface area contributed by atoms with Crippen molar-refractivity contribution in [2.75, 3.05) is 18.7 Å². The van der Waals surface area contributed by atoms with Crippen LogP contribution in [0.1, 0.15) is 0 Å². The number of hydrogen-bond donors (Lipinski definition) is 2. The predicted octanol–water partition coefficient (Wildman–Crippen LogP) is -0.853. The van der Waals surface area contributed by atoms with Crippen LogP contribution in [-0.4, -0.2) is 30.7 Å². The molecule has 0 aliphatic carbocycles. The highest BCUT2D eigenvalue weighted by molar-refractivity contribution is 7.88. The molecule has 1 fully saturated rings. The van der Waals surface area contributed by atoms with Gasteiger partial charge in [-0.05, 0) is 15.2 Å². The van der Waals surface area contributed by atoms with Gasteiger partial charge >= 0.3 is 6.09 Å². The molecule has 0 saturated carbocycles. The van der Waals surface area contributed by atoms with Crippen molar-refractivity contribution in [3.05, 3.63) is 0 Å². The van der Waals surface area contributed by atoms with Crippen molar-refractivity contribution in [2.45, 2.75) is 0 Å². The third-order valence-electron chi connectivity index (χ3n) is 1.16. The molecule has 2 N–H and O–H groups in total. The molecule has 1 aliphatic heterocycles. The third kappa shape index (κ3) is 2.50. The molecule has 1 atom stereocenters. The summed E-state index contributed by atoms with van der Waals surface area (Å²) in [6, 6.07) is 0. The number of carbonyl (C=O) groups is 2. The molecule has 1 unspecified atom stereocenters. The monoisotopic (exact) mass is 191 g/mol. The minimum Gasteiger partial charge on any atom is -0.345 e. The Hall–Kier alpha value is -1.11. The normalized spacial score (nSPS) is 22.1. The van der Waals surface area contributed by atoms with E-state index in [1.165, 1.54) is 7.05 Å². The van der Waals surface area contributed by atoms with E-state index >= 15 is 0 Å². The van der Waals surface area contributed by atoms with Gasteiger partial charge in [0.25, 0.3) is 0 Å². The maximum Gasteiger partial charge on any atom is 0.433 e. The van der Waals surface area contributed by atoms with Gasteiger partial charge < -0.3 is 10.6 Å². The molecule has 0 aromatic carbocycles. The number of hydrogen-bond acceptors (Lipinski definition) is 4. The van der Waals surface area contributed by atoms with E-state index < -0.39 is 16.8 Å². The van der Waals surface area contributed by atoms with E-state index in [1.54, 1.807) is 0 Å². The summed E-state index contributed by atoms with van der Waals surface area (Å²) in [5.41, 5.74) is 0. The molecule has 0 aromatic rings. The molecule has 12 heavy (non-hydrogen) atoms. The Balaban J connectivity index is 2.37. The van der Waals surface area contributed by atoms with Crippen LogP contribution in [0.2, 0.25) is 0 Å². The quantitative estimate of drug-likeness (QED) is 0.530. The fourth-order valence-corrected chi connectivity index (χ4v) is 1.71. The Kier molecular flexibility index (Phi) is 3.03. The van der Waals surface area contributed by atoms with Crippen molar-refractivity contribution >= 4 is 22.7 Å². The van der Waals surface area contributed by atoms with Crippen LogP contribution in [0, 0.1) is 0 Å². The van der Waals surface area contributed by atoms with Gasteiger partial charge in [0.15, 0.2) is 0 Å². The maximum atomic E-state index is 10.6. The van der Waals surface area contributed by atoms with E-state index in [0.29, 0.717) is 11.6 Å². The lowest BCUT2D eigenvalue weighted by molar-refractivity contribution is -0.117. The number of rotatable bonds is 1. The highest BCUT2D eigenvalue weighted by Gasteiger charge is 2.15. The molecular weight excluding hydrogens is 182 g/mol. The van der Waals surface area contributed by atoms with Gasteiger partial charge in [-0.15, -0.1) is 0 Å². The highest BCUT2D eigenvalue weighted by atomic mass is 32.2. The largest absolute Gasteiger partial charge is 0.433 e. The van der Waals surface area contributed by atoms with Crippen molar-refractivity contribution in [1.82, 2.24) is 10.6 Å². The van der Waals surface area contributed by atoms with Crippen molar-refractivity contribution < 1.29 is 14.4 Å². The summed E-state index contributed by atoms with van der Waals surface area (Å²) >= 11 is 0. The first-order valence-corrected chi connectivity index (χ1v) is 4.78. The summed E-state index contributed by atoms with van der Waals surface area (Å²) in [7, 11) is 0.945. The maximum absolute atomic E-state index is 10.6. The van der Waals surface area contributed by atoms with Crippen LogP contribution in [0.4, 0.5) is 4.79 Å². The first-order chi connectivity index (χ1) is 5.72. The number of nitrogens with zero attached hydrogens (tertiary/aromatic N) is 1. The topological polar surface area (TPSA) is 79.8 Å². The third-order valence-corrected chi connectivity index (χ3v) is 2.52. The first-order valence-electron chi connectivity index (χ1n) is 3.26. The second-order valence-electron chi connectivity index (χ2n) is 2.05. The van der Waals surface area contributed by atoms with Crippen molar-refractivity contribution in [1.29, 1.82) is 0 Å². The van der Waals surface area contributed by atoms with E-state index in [9.17, 15) is 9.59 Å². The predicted molar refractivity (Wildman–Crippen MR) is 43.2 cm³/mol. The fourth-order valence-electron chi connectivity index (χ4n) is 0.602. The molecule has 1 rings (SSSR count). The average Bonchev–Trinajstić information content (AvgIpc) is 2.47. The van der Waals surface area contributed by atoms with Crippen molar-refractivity contribution in [3.63, 3.8) is 0 Å². The summed E-state index contributed by atoms with van der Waals surface area (Å²) < 4.78 is 3.58. The summed E-state index contributed by atoms with van der Waals surface area (Å²) in [5, 5.41) is 4.82. The lowest BCUT2D eigenvalue weighted by Crippen LogP contribution is -2.17. The van der Waals surface area contributed by atoms with E-state index in [-0.39, 0.29) is 5.91 Å². The van der Waals surface area contributed by atoms with Crippen LogP contribution in [0.15, 0.2) is 4.53 Å². The second kappa shape index (κ2) is 4.05. The van der Waals surface area contributed by atoms with Crippen molar-refractivity contribution in [2.24, 2.45) is 4.53 Å². The van der Waals surface area contributed by atoms with Gasteiger partial charge in [-0.2, -0.15) is 0 Å². The number of carbonyl (C=O) groups excluding carboxylic acids is 2. The molecule has 1 saturated heterocycles. The zero-order valence-electron chi connectivity index (χ0n) is 6.49. The summed E-state index contributed by atoms with van der Waals surface area (Å²) in [5.74, 6) is 0.731. The van der Waals surface area contributed by atoms with Gasteiger partial charge in [-0.3, -0.25) is 9.63 Å². The van der Waals surface area contributed by atoms with Gasteiger partial charge in [0, 0.05) is 7.05 Å². The number of nitrogens with one attached hydrogen (secondary N) is 2. The van der Waals surface area contributed by atoms with Crippen LogP contribution >= 0.6 is 0 Å². The minimum absolute atomic E-state index is 0.0532. The summed E-state index contributed by atoms with van der Waals surface area (Å²) in [6.07, 6.45) is -0.609. The van der Waals surface area contributed by atoms with Crippen LogP contribution in [-0.2, 0) is 20.3 Å². The second-order valence-corrected chi connectivity index (χ2v) is 3.71. The Morgan fingerprint density at radius 1 is 1.83 bits per heavy atom. The van der Waals surface area contributed by atoms with E-state index in [4.69, 9.17) is 0 Å².